The van der Waals surface area contributed by atoms with Crippen molar-refractivity contribution in [3.8, 4) is 11.5 Å². The molecule has 0 radical (unpaired) electrons. The highest BCUT2D eigenvalue weighted by Gasteiger charge is 2.35. The van der Waals surface area contributed by atoms with Gasteiger partial charge in [0, 0.05) is 31.9 Å². The average Bonchev–Trinajstić information content (AvgIpc) is 3.68. The molecule has 42 heavy (non-hydrogen) atoms. The lowest BCUT2D eigenvalue weighted by Gasteiger charge is -2.36. The molecule has 1 aliphatic carbocycles. The minimum absolute atomic E-state index is 0.0234. The predicted molar refractivity (Wildman–Crippen MR) is 162 cm³/mol. The summed E-state index contributed by atoms with van der Waals surface area (Å²) in [7, 11) is 0. The first-order chi connectivity index (χ1) is 20.6. The van der Waals surface area contributed by atoms with E-state index < -0.39 is 0 Å². The number of anilines is 1. The zero-order chi connectivity index (χ0) is 28.5. The van der Waals surface area contributed by atoms with Crippen LogP contribution < -0.4 is 20.1 Å². The van der Waals surface area contributed by atoms with Gasteiger partial charge in [-0.3, -0.25) is 14.5 Å². The molecule has 1 fully saturated rings. The first-order valence-corrected chi connectivity index (χ1v) is 14.9. The molecule has 7 nitrogen and oxygen atoms in total. The van der Waals surface area contributed by atoms with E-state index in [0.717, 1.165) is 29.8 Å². The van der Waals surface area contributed by atoms with Crippen molar-refractivity contribution in [3.63, 3.8) is 0 Å². The van der Waals surface area contributed by atoms with Crippen LogP contribution in [-0.4, -0.2) is 36.6 Å². The van der Waals surface area contributed by atoms with Crippen molar-refractivity contribution in [1.82, 2.24) is 10.2 Å². The molecule has 0 spiro atoms. The van der Waals surface area contributed by atoms with Gasteiger partial charge >= 0.3 is 0 Å². The second-order valence-electron chi connectivity index (χ2n) is 11.7. The molecule has 0 bridgehead atoms. The highest BCUT2D eigenvalue weighted by Crippen LogP contribution is 2.33. The minimum atomic E-state index is -0.302. The fourth-order valence-corrected chi connectivity index (χ4v) is 6.57. The third kappa shape index (κ3) is 5.70. The van der Waals surface area contributed by atoms with Crippen LogP contribution in [0.4, 0.5) is 5.69 Å². The summed E-state index contributed by atoms with van der Waals surface area (Å²) < 4.78 is 10.9. The first kappa shape index (κ1) is 26.5. The van der Waals surface area contributed by atoms with Crippen molar-refractivity contribution in [2.45, 2.75) is 38.8 Å². The molecule has 2 atom stereocenters. The van der Waals surface area contributed by atoms with Crippen molar-refractivity contribution >= 4 is 28.3 Å². The summed E-state index contributed by atoms with van der Waals surface area (Å²) in [6.07, 6.45) is 3.85. The number of nitrogens with zero attached hydrogens (tertiary/aromatic N) is 1. The van der Waals surface area contributed by atoms with Gasteiger partial charge in [-0.25, -0.2) is 0 Å². The lowest BCUT2D eigenvalue weighted by molar-refractivity contribution is -0.130. The summed E-state index contributed by atoms with van der Waals surface area (Å²) in [5.41, 5.74) is 5.67. The summed E-state index contributed by atoms with van der Waals surface area (Å²) >= 11 is 0. The van der Waals surface area contributed by atoms with E-state index in [1.807, 2.05) is 36.4 Å². The van der Waals surface area contributed by atoms with Crippen LogP contribution >= 0.6 is 0 Å². The van der Waals surface area contributed by atoms with E-state index in [1.165, 1.54) is 33.9 Å². The van der Waals surface area contributed by atoms with E-state index in [4.69, 9.17) is 9.47 Å². The Balaban J connectivity index is 1.07. The maximum Gasteiger partial charge on any atom is 0.231 e. The first-order valence-electron chi connectivity index (χ1n) is 14.9. The molecule has 2 amide bonds. The van der Waals surface area contributed by atoms with Gasteiger partial charge < -0.3 is 20.1 Å². The molecule has 1 saturated heterocycles. The summed E-state index contributed by atoms with van der Waals surface area (Å²) in [5, 5.41) is 8.67. The number of hydrogen-bond acceptors (Lipinski definition) is 5. The number of nitrogens with one attached hydrogen (secondary N) is 2. The van der Waals surface area contributed by atoms with E-state index in [0.29, 0.717) is 38.3 Å². The number of rotatable bonds is 7. The summed E-state index contributed by atoms with van der Waals surface area (Å²) in [6.45, 7) is 2.50. The van der Waals surface area contributed by atoms with Crippen LogP contribution in [0.2, 0.25) is 0 Å². The molecule has 2 N–H and O–H groups in total. The molecule has 7 heteroatoms. The van der Waals surface area contributed by atoms with E-state index in [2.05, 4.69) is 58.0 Å². The van der Waals surface area contributed by atoms with E-state index in [1.54, 1.807) is 0 Å². The summed E-state index contributed by atoms with van der Waals surface area (Å²) in [6, 6.07) is 26.8. The maximum atomic E-state index is 13.6. The second-order valence-corrected chi connectivity index (χ2v) is 11.7. The van der Waals surface area contributed by atoms with Crippen molar-refractivity contribution in [1.29, 1.82) is 0 Å². The molecule has 4 aromatic rings. The Bertz CT molecular complexity index is 1650. The predicted octanol–water partition coefficient (Wildman–Crippen LogP) is 5.45. The number of fused-ring (bicyclic) bond motifs is 3. The highest BCUT2D eigenvalue weighted by molar-refractivity contribution is 5.93. The van der Waals surface area contributed by atoms with Crippen LogP contribution in [0.15, 0.2) is 78.9 Å². The van der Waals surface area contributed by atoms with Crippen LogP contribution in [0.25, 0.3) is 10.8 Å². The molecule has 0 aromatic heterocycles. The molecule has 4 aromatic carbocycles. The van der Waals surface area contributed by atoms with Gasteiger partial charge in [0.1, 0.15) is 0 Å². The molecule has 214 valence electrons. The lowest BCUT2D eigenvalue weighted by Crippen LogP contribution is -2.48. The van der Waals surface area contributed by atoms with Gasteiger partial charge in [0.15, 0.2) is 11.5 Å². The molecule has 2 heterocycles. The van der Waals surface area contributed by atoms with E-state index in [9.17, 15) is 9.59 Å². The van der Waals surface area contributed by atoms with Crippen LogP contribution in [0.5, 0.6) is 11.5 Å². The quantitative estimate of drug-likeness (QED) is 0.314. The molecule has 0 saturated carbocycles. The number of carbonyl (C=O) groups is 2. The van der Waals surface area contributed by atoms with Crippen LogP contribution in [0.3, 0.4) is 0 Å². The Kier molecular flexibility index (Phi) is 7.26. The Hall–Kier alpha value is -4.36. The number of carbonyl (C=O) groups excluding carboxylic acids is 2. The smallest absolute Gasteiger partial charge is 0.231 e. The Morgan fingerprint density at radius 3 is 2.45 bits per heavy atom. The van der Waals surface area contributed by atoms with Crippen LogP contribution in [-0.2, 0) is 35.5 Å². The largest absolute Gasteiger partial charge is 0.454 e. The maximum absolute atomic E-state index is 13.6. The molecule has 2 aliphatic heterocycles. The Labute approximate surface area is 245 Å². The zero-order valence-corrected chi connectivity index (χ0v) is 23.6. The zero-order valence-electron chi connectivity index (χ0n) is 23.6. The number of hydrogen-bond donors (Lipinski definition) is 2. The van der Waals surface area contributed by atoms with Crippen molar-refractivity contribution in [3.05, 3.63) is 101 Å². The normalized spacial score (nSPS) is 19.4. The monoisotopic (exact) mass is 561 g/mol. The SMILES string of the molecule is O=C(NCc1ccc2c(c1)OCO2)[C@H]1C[C@@H](C(=O)Nc2ccc3c(c2)CCC3)CN(Cc2ccc3ccccc3c2)C1. The van der Waals surface area contributed by atoms with Crippen molar-refractivity contribution in [2.75, 3.05) is 25.2 Å². The van der Waals surface area contributed by atoms with Gasteiger partial charge in [0.05, 0.1) is 11.8 Å². The summed E-state index contributed by atoms with van der Waals surface area (Å²) in [5.74, 6) is 0.761. The topological polar surface area (TPSA) is 79.9 Å². The fourth-order valence-electron chi connectivity index (χ4n) is 6.57. The standard InChI is InChI=1S/C35H35N3O4/c39-34(36-18-23-9-13-32-33(15-23)42-22-41-32)29-16-30(35(40)37-31-12-11-26-6-3-7-28(26)17-31)21-38(20-29)19-24-8-10-25-4-1-2-5-27(25)14-24/h1-2,4-5,8-15,17,29-30H,3,6-7,16,18-22H2,(H,36,39)(H,37,40)/t29-,30+/m0/s1. The van der Waals surface area contributed by atoms with Gasteiger partial charge in [-0.1, -0.05) is 48.5 Å². The van der Waals surface area contributed by atoms with E-state index in [-0.39, 0.29) is 30.4 Å². The molecular weight excluding hydrogens is 526 g/mol. The van der Waals surface area contributed by atoms with Crippen molar-refractivity contribution in [2.24, 2.45) is 11.8 Å². The number of likely N-dealkylation sites (tertiary alicyclic amines) is 1. The third-order valence-corrected chi connectivity index (χ3v) is 8.76. The van der Waals surface area contributed by atoms with Gasteiger partial charge in [-0.15, -0.1) is 0 Å². The average molecular weight is 562 g/mol. The lowest BCUT2D eigenvalue weighted by atomic mass is 9.87. The Morgan fingerprint density at radius 2 is 1.55 bits per heavy atom. The molecule has 7 rings (SSSR count). The van der Waals surface area contributed by atoms with Gasteiger partial charge in [0.25, 0.3) is 0 Å². The third-order valence-electron chi connectivity index (χ3n) is 8.76. The summed E-state index contributed by atoms with van der Waals surface area (Å²) in [4.78, 5) is 29.4. The van der Waals surface area contributed by atoms with Gasteiger partial charge in [0.2, 0.25) is 18.6 Å². The van der Waals surface area contributed by atoms with Crippen LogP contribution in [0.1, 0.15) is 35.1 Å². The van der Waals surface area contributed by atoms with Crippen molar-refractivity contribution < 1.29 is 19.1 Å². The number of benzene rings is 4. The minimum Gasteiger partial charge on any atom is -0.454 e. The highest BCUT2D eigenvalue weighted by atomic mass is 16.7. The van der Waals surface area contributed by atoms with Gasteiger partial charge in [-0.2, -0.15) is 0 Å². The molecular formula is C35H35N3O4. The molecule has 0 unspecified atom stereocenters. The van der Waals surface area contributed by atoms with E-state index >= 15 is 0 Å². The number of amides is 2. The number of aryl methyl sites for hydroxylation is 2. The number of piperidine rings is 1. The fraction of sp³-hybridized carbons (Fsp3) is 0.314. The number of ether oxygens (including phenoxy) is 2. The van der Waals surface area contributed by atoms with Crippen LogP contribution in [0, 0.1) is 11.8 Å². The second kappa shape index (κ2) is 11.5. The Morgan fingerprint density at radius 1 is 0.762 bits per heavy atom. The molecule has 3 aliphatic rings. The van der Waals surface area contributed by atoms with Gasteiger partial charge in [-0.05, 0) is 89.0 Å².